The van der Waals surface area contributed by atoms with Crippen LogP contribution in [0.1, 0.15) is 46.8 Å². The highest BCUT2D eigenvalue weighted by molar-refractivity contribution is 7.89. The van der Waals surface area contributed by atoms with Gasteiger partial charge in [-0.15, -0.1) is 0 Å². The number of rotatable bonds is 7. The summed E-state index contributed by atoms with van der Waals surface area (Å²) >= 11 is 0. The van der Waals surface area contributed by atoms with Gasteiger partial charge in [-0.25, -0.2) is 13.1 Å². The number of methoxy groups -OCH3 is 1. The Kier molecular flexibility index (Phi) is 6.54. The number of hydrogen-bond donors (Lipinski definition) is 1. The summed E-state index contributed by atoms with van der Waals surface area (Å²) in [7, 11) is -2.05. The summed E-state index contributed by atoms with van der Waals surface area (Å²) in [4.78, 5) is 15.1. The molecule has 0 bridgehead atoms. The normalized spacial score (nSPS) is 13.3. The van der Waals surface area contributed by atoms with Gasteiger partial charge in [-0.1, -0.05) is 38.1 Å². The van der Waals surface area contributed by atoms with Gasteiger partial charge in [0.25, 0.3) is 5.91 Å². The van der Waals surface area contributed by atoms with Crippen molar-refractivity contribution in [3.63, 3.8) is 0 Å². The molecule has 1 amide bonds. The Morgan fingerprint density at radius 1 is 1.03 bits per heavy atom. The summed E-state index contributed by atoms with van der Waals surface area (Å²) in [5.74, 6) is 0.950. The van der Waals surface area contributed by atoms with Gasteiger partial charge in [-0.3, -0.25) is 4.79 Å². The molecule has 1 aliphatic rings. The molecular formula is C26H28N2O4S. The van der Waals surface area contributed by atoms with E-state index in [2.05, 4.69) is 18.6 Å². The third-order valence-corrected chi connectivity index (χ3v) is 7.37. The Morgan fingerprint density at radius 2 is 1.73 bits per heavy atom. The van der Waals surface area contributed by atoms with E-state index in [9.17, 15) is 13.2 Å². The minimum atomic E-state index is -3.64. The molecule has 3 aromatic rings. The van der Waals surface area contributed by atoms with Crippen molar-refractivity contribution in [3.8, 4) is 5.75 Å². The standard InChI is InChI=1S/C26H28N2O4S/c1-18(2)20-8-12-24(13-9-20)33(30,31)27-17-19-4-5-21-14-15-28(25(21)16-19)26(29)22-6-10-23(32-3)11-7-22/h4-13,16,18,27H,14-15,17H2,1-3H3. The Bertz CT molecular complexity index is 1250. The number of carbonyl (C=O) groups excluding carboxylic acids is 1. The first-order valence-corrected chi connectivity index (χ1v) is 12.4. The fraction of sp³-hybridized carbons (Fsp3) is 0.269. The molecule has 4 rings (SSSR count). The molecule has 0 saturated carbocycles. The van der Waals surface area contributed by atoms with Crippen molar-refractivity contribution in [1.29, 1.82) is 0 Å². The highest BCUT2D eigenvalue weighted by Crippen LogP contribution is 2.31. The summed E-state index contributed by atoms with van der Waals surface area (Å²) in [6.07, 6.45) is 0.769. The van der Waals surface area contributed by atoms with E-state index in [0.717, 1.165) is 28.8 Å². The van der Waals surface area contributed by atoms with Crippen LogP contribution in [0.15, 0.2) is 71.6 Å². The molecule has 172 valence electrons. The molecule has 0 radical (unpaired) electrons. The predicted octanol–water partition coefficient (Wildman–Crippen LogP) is 4.50. The van der Waals surface area contributed by atoms with Crippen LogP contribution in [0.2, 0.25) is 0 Å². The molecule has 7 heteroatoms. The van der Waals surface area contributed by atoms with Gasteiger partial charge in [-0.2, -0.15) is 0 Å². The molecule has 6 nitrogen and oxygen atoms in total. The largest absolute Gasteiger partial charge is 0.497 e. The fourth-order valence-corrected chi connectivity index (χ4v) is 4.95. The van der Waals surface area contributed by atoms with Gasteiger partial charge >= 0.3 is 0 Å². The molecule has 1 aliphatic heterocycles. The van der Waals surface area contributed by atoms with Crippen LogP contribution in [0.4, 0.5) is 5.69 Å². The summed E-state index contributed by atoms with van der Waals surface area (Å²) in [6.45, 7) is 4.88. The maximum atomic E-state index is 13.1. The lowest BCUT2D eigenvalue weighted by atomic mass is 10.0. The van der Waals surface area contributed by atoms with Crippen LogP contribution in [-0.2, 0) is 23.0 Å². The first-order valence-electron chi connectivity index (χ1n) is 11.0. The second kappa shape index (κ2) is 9.37. The third-order valence-electron chi connectivity index (χ3n) is 5.95. The van der Waals surface area contributed by atoms with Crippen molar-refractivity contribution in [2.75, 3.05) is 18.6 Å². The van der Waals surface area contributed by atoms with E-state index in [1.165, 1.54) is 0 Å². The Hall–Kier alpha value is -3.16. The van der Waals surface area contributed by atoms with Gasteiger partial charge in [0, 0.05) is 24.3 Å². The first-order chi connectivity index (χ1) is 15.8. The molecule has 0 fully saturated rings. The van der Waals surface area contributed by atoms with Crippen molar-refractivity contribution in [2.24, 2.45) is 0 Å². The topological polar surface area (TPSA) is 75.7 Å². The molecule has 0 aromatic heterocycles. The number of sulfonamides is 1. The van der Waals surface area contributed by atoms with Crippen LogP contribution < -0.4 is 14.4 Å². The smallest absolute Gasteiger partial charge is 0.258 e. The summed E-state index contributed by atoms with van der Waals surface area (Å²) in [5, 5.41) is 0. The zero-order valence-electron chi connectivity index (χ0n) is 19.0. The molecule has 0 spiro atoms. The molecule has 33 heavy (non-hydrogen) atoms. The number of amides is 1. The maximum Gasteiger partial charge on any atom is 0.258 e. The van der Waals surface area contributed by atoms with Crippen LogP contribution in [-0.4, -0.2) is 28.0 Å². The zero-order valence-corrected chi connectivity index (χ0v) is 19.9. The average molecular weight is 465 g/mol. The number of anilines is 1. The van der Waals surface area contributed by atoms with Crippen LogP contribution in [0.25, 0.3) is 0 Å². The lowest BCUT2D eigenvalue weighted by molar-refractivity contribution is 0.0989. The Labute approximate surface area is 195 Å². The van der Waals surface area contributed by atoms with E-state index in [4.69, 9.17) is 4.74 Å². The molecule has 3 aromatic carbocycles. The molecular weight excluding hydrogens is 436 g/mol. The highest BCUT2D eigenvalue weighted by Gasteiger charge is 2.26. The predicted molar refractivity (Wildman–Crippen MR) is 129 cm³/mol. The second-order valence-corrected chi connectivity index (χ2v) is 10.2. The maximum absolute atomic E-state index is 13.1. The van der Waals surface area contributed by atoms with Crippen molar-refractivity contribution >= 4 is 21.6 Å². The quantitative estimate of drug-likeness (QED) is 0.559. The van der Waals surface area contributed by atoms with Crippen LogP contribution in [0.3, 0.4) is 0 Å². The van der Waals surface area contributed by atoms with Crippen LogP contribution in [0.5, 0.6) is 5.75 Å². The van der Waals surface area contributed by atoms with E-state index in [1.54, 1.807) is 48.4 Å². The molecule has 0 saturated heterocycles. The summed E-state index contributed by atoms with van der Waals surface area (Å²) in [5.41, 5.74) is 4.38. The van der Waals surface area contributed by atoms with Crippen LogP contribution in [0, 0.1) is 0 Å². The monoisotopic (exact) mass is 464 g/mol. The number of ether oxygens (including phenoxy) is 1. The molecule has 0 unspecified atom stereocenters. The lowest BCUT2D eigenvalue weighted by Crippen LogP contribution is -2.29. The number of fused-ring (bicyclic) bond motifs is 1. The molecule has 1 heterocycles. The van der Waals surface area contributed by atoms with E-state index < -0.39 is 10.0 Å². The van der Waals surface area contributed by atoms with Gasteiger partial charge in [0.15, 0.2) is 0 Å². The first kappa shape index (κ1) is 23.0. The van der Waals surface area contributed by atoms with Crippen LogP contribution >= 0.6 is 0 Å². The van der Waals surface area contributed by atoms with E-state index in [-0.39, 0.29) is 17.3 Å². The number of hydrogen-bond acceptors (Lipinski definition) is 4. The second-order valence-electron chi connectivity index (χ2n) is 8.45. The van der Waals surface area contributed by atoms with E-state index in [0.29, 0.717) is 23.8 Å². The minimum absolute atomic E-state index is 0.0839. The lowest BCUT2D eigenvalue weighted by Gasteiger charge is -2.18. The SMILES string of the molecule is COc1ccc(C(=O)N2CCc3ccc(CNS(=O)(=O)c4ccc(C(C)C)cc4)cc32)cc1. The summed E-state index contributed by atoms with van der Waals surface area (Å²) in [6, 6.07) is 19.8. The van der Waals surface area contributed by atoms with Crippen molar-refractivity contribution in [1.82, 2.24) is 4.72 Å². The number of nitrogens with one attached hydrogen (secondary N) is 1. The number of benzene rings is 3. The average Bonchev–Trinajstić information content (AvgIpc) is 3.25. The summed E-state index contributed by atoms with van der Waals surface area (Å²) < 4.78 is 33.3. The Balaban J connectivity index is 1.49. The number of carbonyl (C=O) groups is 1. The number of nitrogens with zero attached hydrogens (tertiary/aromatic N) is 1. The van der Waals surface area contributed by atoms with Gasteiger partial charge < -0.3 is 9.64 Å². The Morgan fingerprint density at radius 3 is 2.36 bits per heavy atom. The van der Waals surface area contributed by atoms with Gasteiger partial charge in [-0.05, 0) is 71.5 Å². The van der Waals surface area contributed by atoms with E-state index >= 15 is 0 Å². The molecule has 1 N–H and O–H groups in total. The highest BCUT2D eigenvalue weighted by atomic mass is 32.2. The van der Waals surface area contributed by atoms with E-state index in [1.807, 2.05) is 30.3 Å². The zero-order chi connectivity index (χ0) is 23.6. The van der Waals surface area contributed by atoms with Gasteiger partial charge in [0.2, 0.25) is 10.0 Å². The van der Waals surface area contributed by atoms with Gasteiger partial charge in [0.1, 0.15) is 5.75 Å². The van der Waals surface area contributed by atoms with Crippen molar-refractivity contribution < 1.29 is 17.9 Å². The molecule has 0 aliphatic carbocycles. The van der Waals surface area contributed by atoms with Crippen molar-refractivity contribution in [2.45, 2.75) is 37.6 Å². The minimum Gasteiger partial charge on any atom is -0.497 e. The third kappa shape index (κ3) is 4.94. The fourth-order valence-electron chi connectivity index (χ4n) is 3.93. The van der Waals surface area contributed by atoms with Crippen molar-refractivity contribution in [3.05, 3.63) is 89.0 Å². The molecule has 0 atom stereocenters. The van der Waals surface area contributed by atoms with Gasteiger partial charge in [0.05, 0.1) is 12.0 Å².